The number of anilines is 1. The first-order valence-corrected chi connectivity index (χ1v) is 5.92. The molecule has 0 saturated heterocycles. The molecule has 0 bridgehead atoms. The van der Waals surface area contributed by atoms with Crippen molar-refractivity contribution < 1.29 is 0 Å². The van der Waals surface area contributed by atoms with Crippen LogP contribution in [0.3, 0.4) is 0 Å². The van der Waals surface area contributed by atoms with Crippen LogP contribution in [0.15, 0.2) is 39.6 Å². The third-order valence-electron chi connectivity index (χ3n) is 1.59. The second-order valence-corrected chi connectivity index (χ2v) is 4.76. The smallest absolute Gasteiger partial charge is 0.138 e. The standard InChI is InChI=1S/C9H7ClN2S2/c10-6-1-3-7(4-2-6)14-9-8(11)5-13-12-9/h1-5H,11H2. The molecule has 2 rings (SSSR count). The first-order chi connectivity index (χ1) is 6.75. The van der Waals surface area contributed by atoms with E-state index < -0.39 is 0 Å². The van der Waals surface area contributed by atoms with Gasteiger partial charge in [-0.2, -0.15) is 4.37 Å². The largest absolute Gasteiger partial charge is 0.396 e. The summed E-state index contributed by atoms with van der Waals surface area (Å²) < 4.78 is 4.18. The monoisotopic (exact) mass is 242 g/mol. The molecule has 5 heteroatoms. The predicted octanol–water partition coefficient (Wildman–Crippen LogP) is 3.53. The molecule has 2 nitrogen and oxygen atoms in total. The van der Waals surface area contributed by atoms with Crippen molar-refractivity contribution in [2.24, 2.45) is 0 Å². The quantitative estimate of drug-likeness (QED) is 0.876. The van der Waals surface area contributed by atoms with Gasteiger partial charge in [-0.05, 0) is 35.8 Å². The van der Waals surface area contributed by atoms with E-state index in [1.807, 2.05) is 29.6 Å². The molecule has 0 aliphatic rings. The van der Waals surface area contributed by atoms with Crippen LogP contribution in [0, 0.1) is 0 Å². The second kappa shape index (κ2) is 4.21. The summed E-state index contributed by atoms with van der Waals surface area (Å²) in [7, 11) is 0. The number of aromatic nitrogens is 1. The molecule has 1 aromatic heterocycles. The van der Waals surface area contributed by atoms with Crippen molar-refractivity contribution in [2.45, 2.75) is 9.92 Å². The molecular weight excluding hydrogens is 236 g/mol. The van der Waals surface area contributed by atoms with E-state index in [0.29, 0.717) is 0 Å². The summed E-state index contributed by atoms with van der Waals surface area (Å²) in [4.78, 5) is 1.09. The zero-order valence-electron chi connectivity index (χ0n) is 7.11. The van der Waals surface area contributed by atoms with E-state index in [1.165, 1.54) is 11.5 Å². The Balaban J connectivity index is 2.19. The van der Waals surface area contributed by atoms with Crippen molar-refractivity contribution in [1.29, 1.82) is 0 Å². The Bertz CT molecular complexity index is 425. The first kappa shape index (κ1) is 9.83. The lowest BCUT2D eigenvalue weighted by molar-refractivity contribution is 1.28. The Kier molecular flexibility index (Phi) is 2.96. The molecule has 1 aromatic carbocycles. The van der Waals surface area contributed by atoms with E-state index in [0.717, 1.165) is 20.6 Å². The maximum atomic E-state index is 5.78. The Morgan fingerprint density at radius 3 is 2.57 bits per heavy atom. The lowest BCUT2D eigenvalue weighted by atomic mass is 10.4. The van der Waals surface area contributed by atoms with E-state index in [1.54, 1.807) is 11.8 Å². The molecule has 2 N–H and O–H groups in total. The van der Waals surface area contributed by atoms with Crippen molar-refractivity contribution in [2.75, 3.05) is 5.73 Å². The van der Waals surface area contributed by atoms with E-state index in [-0.39, 0.29) is 0 Å². The first-order valence-electron chi connectivity index (χ1n) is 3.89. The van der Waals surface area contributed by atoms with Crippen LogP contribution in [0.25, 0.3) is 0 Å². The van der Waals surface area contributed by atoms with E-state index in [9.17, 15) is 0 Å². The van der Waals surface area contributed by atoms with Gasteiger partial charge in [-0.25, -0.2) is 0 Å². The molecule has 1 heterocycles. The number of nitrogens with two attached hydrogens (primary N) is 1. The second-order valence-electron chi connectivity index (χ2n) is 2.63. The molecule has 72 valence electrons. The Hall–Kier alpha value is -0.710. The van der Waals surface area contributed by atoms with Crippen LogP contribution in [-0.4, -0.2) is 4.37 Å². The van der Waals surface area contributed by atoms with Gasteiger partial charge in [0.15, 0.2) is 0 Å². The minimum Gasteiger partial charge on any atom is -0.396 e. The zero-order valence-corrected chi connectivity index (χ0v) is 9.49. The third kappa shape index (κ3) is 2.20. The fourth-order valence-corrected chi connectivity index (χ4v) is 2.56. The van der Waals surface area contributed by atoms with Gasteiger partial charge in [0.25, 0.3) is 0 Å². The van der Waals surface area contributed by atoms with Gasteiger partial charge in [0.2, 0.25) is 0 Å². The van der Waals surface area contributed by atoms with Crippen molar-refractivity contribution in [3.8, 4) is 0 Å². The highest BCUT2D eigenvalue weighted by Gasteiger charge is 2.04. The zero-order chi connectivity index (χ0) is 9.97. The van der Waals surface area contributed by atoms with Gasteiger partial charge in [-0.1, -0.05) is 23.4 Å². The van der Waals surface area contributed by atoms with Crippen molar-refractivity contribution in [1.82, 2.24) is 4.37 Å². The minimum absolute atomic E-state index is 0.731. The summed E-state index contributed by atoms with van der Waals surface area (Å²) >= 11 is 8.69. The number of benzene rings is 1. The number of halogens is 1. The molecule has 0 aliphatic heterocycles. The van der Waals surface area contributed by atoms with Crippen LogP contribution in [0.5, 0.6) is 0 Å². The summed E-state index contributed by atoms with van der Waals surface area (Å²) in [6.45, 7) is 0. The van der Waals surface area contributed by atoms with Gasteiger partial charge in [-0.15, -0.1) is 0 Å². The molecule has 0 spiro atoms. The molecule has 0 atom stereocenters. The highest BCUT2D eigenvalue weighted by molar-refractivity contribution is 7.99. The van der Waals surface area contributed by atoms with Gasteiger partial charge in [0.1, 0.15) is 5.03 Å². The lowest BCUT2D eigenvalue weighted by Crippen LogP contribution is -1.83. The van der Waals surface area contributed by atoms with Gasteiger partial charge < -0.3 is 5.73 Å². The van der Waals surface area contributed by atoms with Crippen molar-refractivity contribution >= 4 is 40.6 Å². The lowest BCUT2D eigenvalue weighted by Gasteiger charge is -1.98. The number of rotatable bonds is 2. The molecule has 2 aromatic rings. The van der Waals surface area contributed by atoms with E-state index in [2.05, 4.69) is 4.37 Å². The highest BCUT2D eigenvalue weighted by Crippen LogP contribution is 2.32. The molecule has 14 heavy (non-hydrogen) atoms. The van der Waals surface area contributed by atoms with Crippen molar-refractivity contribution in [3.05, 3.63) is 34.7 Å². The van der Waals surface area contributed by atoms with Gasteiger partial charge in [0, 0.05) is 15.3 Å². The Morgan fingerprint density at radius 1 is 1.29 bits per heavy atom. The van der Waals surface area contributed by atoms with Gasteiger partial charge >= 0.3 is 0 Å². The van der Waals surface area contributed by atoms with Crippen LogP contribution in [0.4, 0.5) is 5.69 Å². The van der Waals surface area contributed by atoms with Crippen LogP contribution in [0.2, 0.25) is 5.02 Å². The average Bonchev–Trinajstić information content (AvgIpc) is 2.56. The topological polar surface area (TPSA) is 38.9 Å². The molecule has 0 aliphatic carbocycles. The molecule has 0 unspecified atom stereocenters. The number of hydrogen-bond donors (Lipinski definition) is 1. The Labute approximate surface area is 95.3 Å². The van der Waals surface area contributed by atoms with Crippen LogP contribution in [-0.2, 0) is 0 Å². The van der Waals surface area contributed by atoms with Crippen LogP contribution in [0.1, 0.15) is 0 Å². The summed E-state index contributed by atoms with van der Waals surface area (Å²) in [6.07, 6.45) is 0. The number of hydrogen-bond acceptors (Lipinski definition) is 4. The van der Waals surface area contributed by atoms with Gasteiger partial charge in [-0.3, -0.25) is 0 Å². The fourth-order valence-electron chi connectivity index (χ4n) is 0.926. The average molecular weight is 243 g/mol. The normalized spacial score (nSPS) is 10.4. The van der Waals surface area contributed by atoms with Gasteiger partial charge in [0.05, 0.1) is 5.69 Å². The fraction of sp³-hybridized carbons (Fsp3) is 0. The summed E-state index contributed by atoms with van der Waals surface area (Å²) in [5, 5.41) is 3.43. The number of nitrogens with zero attached hydrogens (tertiary/aromatic N) is 1. The van der Waals surface area contributed by atoms with E-state index >= 15 is 0 Å². The van der Waals surface area contributed by atoms with E-state index in [4.69, 9.17) is 17.3 Å². The molecular formula is C9H7ClN2S2. The summed E-state index contributed by atoms with van der Waals surface area (Å²) in [5.74, 6) is 0. The summed E-state index contributed by atoms with van der Waals surface area (Å²) in [6, 6.07) is 7.61. The third-order valence-corrected chi connectivity index (χ3v) is 3.63. The summed E-state index contributed by atoms with van der Waals surface area (Å²) in [5.41, 5.74) is 6.45. The minimum atomic E-state index is 0.731. The highest BCUT2D eigenvalue weighted by atomic mass is 35.5. The SMILES string of the molecule is Nc1csnc1Sc1ccc(Cl)cc1. The predicted molar refractivity (Wildman–Crippen MR) is 62.1 cm³/mol. The maximum Gasteiger partial charge on any atom is 0.138 e. The van der Waals surface area contributed by atoms with Crippen LogP contribution < -0.4 is 5.73 Å². The Morgan fingerprint density at radius 2 is 2.00 bits per heavy atom. The molecule has 0 saturated carbocycles. The molecule has 0 radical (unpaired) electrons. The number of nitrogen functional groups attached to an aromatic ring is 1. The van der Waals surface area contributed by atoms with Crippen molar-refractivity contribution in [3.63, 3.8) is 0 Å². The molecule has 0 amide bonds. The molecule has 0 fully saturated rings. The van der Waals surface area contributed by atoms with Crippen LogP contribution >= 0.6 is 34.9 Å². The maximum absolute atomic E-state index is 5.78.